The number of hydrogen-bond acceptors (Lipinski definition) is 18. The van der Waals surface area contributed by atoms with Crippen LogP contribution < -0.4 is 19.5 Å². The van der Waals surface area contributed by atoms with Crippen molar-refractivity contribution in [3.05, 3.63) is 328 Å². The zero-order chi connectivity index (χ0) is 84.9. The molecule has 16 aromatic rings. The van der Waals surface area contributed by atoms with Crippen LogP contribution in [0.25, 0.3) is 136 Å². The van der Waals surface area contributed by atoms with Crippen molar-refractivity contribution < 1.29 is 70.7 Å². The molecule has 8 aromatic heterocycles. The molecule has 0 bridgehead atoms. The third kappa shape index (κ3) is 21.0. The van der Waals surface area contributed by atoms with Gasteiger partial charge >= 0.3 is 11.9 Å². The van der Waals surface area contributed by atoms with E-state index in [0.29, 0.717) is 57.6 Å². The van der Waals surface area contributed by atoms with Crippen LogP contribution >= 0.6 is 0 Å². The first kappa shape index (κ1) is 82.0. The lowest BCUT2D eigenvalue weighted by Gasteiger charge is -2.14. The standard InChI is InChI=1S/C28H22FN5O4.C23H18FN3O3.C22H16FN3O3.C20H14FN3O/c29-21-5-1-18(2-6-21)26-27(19-11-13-30-14-12-19)33-28(32-26)20-3-7-22(8-4-20)38-17-23(35)31-15-16-34-24(36)9-10-25(34)37;1-29-20(28)14-30-19-8-4-17(5-9-19)23-26-21(15-2-6-18(24)7-3-15)22(27-23)16-10-12-25-13-11-16;23-17-5-1-14(2-6-17)20-21(15-9-11-24-12-10-15)26-22(25-20)16-3-7-18(8-4-16)29-13-19(27)28;21-16-5-1-13(2-6-16)18-19(14-9-11-22-12-10-14)24-20(23-18)15-3-7-17(25)8-4-15/h1-14H,15-17H2,(H,31,35)(H,32,33);2-13H,14H2,1H3,(H,26,27);1-12H,13H2,(H,25,26)(H,27,28);1-12,25H,(H,23,24). The number of aromatic amines is 4. The number of phenolic OH excluding ortho intramolecular Hbond substituents is 1. The van der Waals surface area contributed by atoms with E-state index in [4.69, 9.17) is 39.3 Å². The Morgan fingerprint density at radius 1 is 0.352 bits per heavy atom. The normalized spacial score (nSPS) is 11.3. The van der Waals surface area contributed by atoms with Gasteiger partial charge in [0.25, 0.3) is 17.7 Å². The molecule has 25 nitrogen and oxygen atoms in total. The van der Waals surface area contributed by atoms with Gasteiger partial charge in [0.1, 0.15) is 69.6 Å². The maximum Gasteiger partial charge on any atom is 0.343 e. The molecule has 0 unspecified atom stereocenters. The van der Waals surface area contributed by atoms with E-state index in [1.165, 1.54) is 67.8 Å². The molecule has 8 aromatic carbocycles. The first-order chi connectivity index (χ1) is 59.4. The third-order valence-electron chi connectivity index (χ3n) is 18.6. The van der Waals surface area contributed by atoms with Gasteiger partial charge in [-0.15, -0.1) is 0 Å². The zero-order valence-corrected chi connectivity index (χ0v) is 64.5. The van der Waals surface area contributed by atoms with Crippen LogP contribution in [0.4, 0.5) is 17.6 Å². The number of aliphatic carboxylic acids is 1. The molecule has 9 heterocycles. The number of phenols is 1. The van der Waals surface area contributed by atoms with E-state index < -0.39 is 30.4 Å². The summed E-state index contributed by atoms with van der Waals surface area (Å²) >= 11 is 0. The van der Waals surface area contributed by atoms with Gasteiger partial charge in [-0.1, -0.05) is 0 Å². The van der Waals surface area contributed by atoms with Gasteiger partial charge in [-0.3, -0.25) is 39.2 Å². The predicted molar refractivity (Wildman–Crippen MR) is 447 cm³/mol. The molecular weight excluding hydrogens is 1570 g/mol. The lowest BCUT2D eigenvalue weighted by atomic mass is 10.1. The number of ether oxygens (including phenoxy) is 4. The summed E-state index contributed by atoms with van der Waals surface area (Å²) in [5, 5.41) is 20.8. The van der Waals surface area contributed by atoms with E-state index in [1.807, 2.05) is 72.8 Å². The van der Waals surface area contributed by atoms with Gasteiger partial charge in [0.2, 0.25) is 0 Å². The Morgan fingerprint density at radius 2 is 0.615 bits per heavy atom. The van der Waals surface area contributed by atoms with Crippen LogP contribution in [0.5, 0.6) is 23.0 Å². The summed E-state index contributed by atoms with van der Waals surface area (Å²) in [6, 6.07) is 67.8. The molecule has 1 aliphatic heterocycles. The van der Waals surface area contributed by atoms with E-state index in [1.54, 1.807) is 171 Å². The number of nitrogens with zero attached hydrogens (tertiary/aromatic N) is 9. The minimum Gasteiger partial charge on any atom is -0.508 e. The van der Waals surface area contributed by atoms with E-state index >= 15 is 0 Å². The summed E-state index contributed by atoms with van der Waals surface area (Å²) in [4.78, 5) is 107. The lowest BCUT2D eigenvalue weighted by Crippen LogP contribution is -2.39. The van der Waals surface area contributed by atoms with Crippen LogP contribution in [0, 0.1) is 23.3 Å². The molecule has 17 rings (SSSR count). The Balaban J connectivity index is 0.000000134. The molecular formula is C93H70F4N14O11. The molecule has 3 amide bonds. The highest BCUT2D eigenvalue weighted by molar-refractivity contribution is 6.13. The van der Waals surface area contributed by atoms with Crippen molar-refractivity contribution in [1.82, 2.24) is 70.0 Å². The van der Waals surface area contributed by atoms with Crippen molar-refractivity contribution in [2.45, 2.75) is 0 Å². The Morgan fingerprint density at radius 3 is 0.893 bits per heavy atom. The molecule has 0 aliphatic carbocycles. The average Bonchev–Trinajstić information content (AvgIpc) is 1.66. The van der Waals surface area contributed by atoms with Crippen LogP contribution in [-0.4, -0.2) is 145 Å². The van der Waals surface area contributed by atoms with Gasteiger partial charge in [0.15, 0.2) is 19.8 Å². The van der Waals surface area contributed by atoms with E-state index in [0.717, 1.165) is 100 Å². The number of imide groups is 1. The zero-order valence-electron chi connectivity index (χ0n) is 64.5. The summed E-state index contributed by atoms with van der Waals surface area (Å²) < 4.78 is 74.2. The Labute approximate surface area is 693 Å². The van der Waals surface area contributed by atoms with Crippen molar-refractivity contribution in [3.63, 3.8) is 0 Å². The number of carboxylic acids is 1. The lowest BCUT2D eigenvalue weighted by molar-refractivity contribution is -0.143. The van der Waals surface area contributed by atoms with Gasteiger partial charge in [-0.2, -0.15) is 0 Å². The third-order valence-corrected chi connectivity index (χ3v) is 18.6. The van der Waals surface area contributed by atoms with Crippen molar-refractivity contribution in [2.24, 2.45) is 0 Å². The van der Waals surface area contributed by atoms with Crippen LogP contribution in [-0.2, 0) is 28.7 Å². The molecule has 606 valence electrons. The van der Waals surface area contributed by atoms with Crippen molar-refractivity contribution in [1.29, 1.82) is 0 Å². The number of carboxylic acid groups (broad SMARTS) is 1. The number of benzene rings is 8. The number of carbonyl (C=O) groups is 5. The van der Waals surface area contributed by atoms with Gasteiger partial charge in [0.05, 0.1) is 52.7 Å². The second-order valence-corrected chi connectivity index (χ2v) is 26.7. The highest BCUT2D eigenvalue weighted by Crippen LogP contribution is 2.39. The minimum atomic E-state index is -1.04. The van der Waals surface area contributed by atoms with Gasteiger partial charge in [0, 0.05) is 142 Å². The monoisotopic (exact) mass is 1630 g/mol. The molecule has 1 aliphatic rings. The Hall–Kier alpha value is -16.6. The average molecular weight is 1640 g/mol. The smallest absolute Gasteiger partial charge is 0.343 e. The maximum absolute atomic E-state index is 13.5. The molecule has 0 saturated carbocycles. The molecule has 0 radical (unpaired) electrons. The summed E-state index contributed by atoms with van der Waals surface area (Å²) in [5.41, 5.74) is 16.1. The van der Waals surface area contributed by atoms with E-state index in [-0.39, 0.29) is 61.2 Å². The number of H-pyrrole nitrogens is 4. The predicted octanol–water partition coefficient (Wildman–Crippen LogP) is 16.9. The summed E-state index contributed by atoms with van der Waals surface area (Å²) in [6.45, 7) is -0.551. The maximum atomic E-state index is 13.5. The number of amides is 3. The number of aromatic hydroxyl groups is 1. The highest BCUT2D eigenvalue weighted by Gasteiger charge is 2.25. The molecule has 0 fully saturated rings. The summed E-state index contributed by atoms with van der Waals surface area (Å²) in [6.07, 6.45) is 16.0. The fraction of sp³-hybridized carbons (Fsp3) is 0.0645. The van der Waals surface area contributed by atoms with Crippen molar-refractivity contribution in [3.8, 4) is 159 Å². The summed E-state index contributed by atoms with van der Waals surface area (Å²) in [5.74, 6) is 0.366. The molecule has 0 saturated heterocycles. The SMILES string of the molecule is COC(=O)COc1ccc(-c2nc(-c3ccc(F)cc3)c(-c3ccncc3)[nH]2)cc1.O=C(COc1ccc(-c2nc(-c3ccc(F)cc3)c(-c3ccncc3)[nH]2)cc1)NCCN1C(=O)C=CC1=O.O=C(O)COc1ccc(-c2nc(-c3ccc(F)cc3)c(-c3ccncc3)[nH]2)cc1.Oc1ccc(-c2nc(-c3ccc(F)cc3)c(-c3ccncc3)[nH]2)cc1. The first-order valence-electron chi connectivity index (χ1n) is 37.6. The number of hydrogen-bond donors (Lipinski definition) is 7. The Kier molecular flexibility index (Phi) is 26.1. The number of halogens is 4. The van der Waals surface area contributed by atoms with Crippen LogP contribution in [0.2, 0.25) is 0 Å². The first-order valence-corrected chi connectivity index (χ1v) is 37.6. The molecule has 122 heavy (non-hydrogen) atoms. The number of nitrogens with one attached hydrogen (secondary N) is 5. The van der Waals surface area contributed by atoms with Crippen LogP contribution in [0.15, 0.2) is 304 Å². The van der Waals surface area contributed by atoms with Crippen molar-refractivity contribution in [2.75, 3.05) is 40.0 Å². The topological polar surface area (TPSA) is 344 Å². The number of carbonyl (C=O) groups excluding carboxylic acids is 4. The Bertz CT molecular complexity index is 6270. The number of aromatic nitrogens is 12. The summed E-state index contributed by atoms with van der Waals surface area (Å²) in [7, 11) is 1.31. The van der Waals surface area contributed by atoms with Gasteiger partial charge in [-0.25, -0.2) is 47.1 Å². The van der Waals surface area contributed by atoms with Crippen LogP contribution in [0.3, 0.4) is 0 Å². The molecule has 0 atom stereocenters. The van der Waals surface area contributed by atoms with Crippen molar-refractivity contribution >= 4 is 29.7 Å². The number of imidazole rings is 4. The minimum absolute atomic E-state index is 0.0929. The second kappa shape index (κ2) is 38.9. The van der Waals surface area contributed by atoms with E-state index in [9.17, 15) is 46.6 Å². The molecule has 0 spiro atoms. The molecule has 7 N–H and O–H groups in total. The van der Waals surface area contributed by atoms with E-state index in [2.05, 4.69) is 49.9 Å². The quantitative estimate of drug-likeness (QED) is 0.0168. The van der Waals surface area contributed by atoms with Crippen LogP contribution in [0.1, 0.15) is 0 Å². The largest absolute Gasteiger partial charge is 0.508 e. The fourth-order valence-corrected chi connectivity index (χ4v) is 12.5. The highest BCUT2D eigenvalue weighted by atomic mass is 19.1. The fourth-order valence-electron chi connectivity index (χ4n) is 12.5. The number of esters is 1. The molecule has 29 heteroatoms. The number of rotatable bonds is 24. The van der Waals surface area contributed by atoms with Gasteiger partial charge in [-0.05, 0) is 243 Å². The number of pyridine rings is 4. The van der Waals surface area contributed by atoms with Gasteiger partial charge < -0.3 is 54.4 Å². The second-order valence-electron chi connectivity index (χ2n) is 26.7. The number of methoxy groups -OCH3 is 1.